The number of nitrogens with zero attached hydrogens (tertiary/aromatic N) is 1. The van der Waals surface area contributed by atoms with Crippen LogP contribution in [0.3, 0.4) is 0 Å². The van der Waals surface area contributed by atoms with Crippen molar-refractivity contribution >= 4 is 27.8 Å². The van der Waals surface area contributed by atoms with E-state index < -0.39 is 5.97 Å². The number of carboxylic acid groups (broad SMARTS) is 1. The van der Waals surface area contributed by atoms with Gasteiger partial charge in [0.15, 0.2) is 0 Å². The molecule has 1 amide bonds. The summed E-state index contributed by atoms with van der Waals surface area (Å²) in [4.78, 5) is 24.0. The summed E-state index contributed by atoms with van der Waals surface area (Å²) in [7, 11) is 1.68. The minimum Gasteiger partial charge on any atom is -0.481 e. The van der Waals surface area contributed by atoms with Gasteiger partial charge in [-0.25, -0.2) is 0 Å². The van der Waals surface area contributed by atoms with Crippen molar-refractivity contribution < 1.29 is 14.7 Å². The second kappa shape index (κ2) is 6.54. The van der Waals surface area contributed by atoms with Gasteiger partial charge in [-0.15, -0.1) is 0 Å². The monoisotopic (exact) mass is 313 g/mol. The normalized spacial score (nSPS) is 10.2. The van der Waals surface area contributed by atoms with Gasteiger partial charge in [-0.1, -0.05) is 22.0 Å². The Morgan fingerprint density at radius 3 is 2.61 bits per heavy atom. The molecular formula is C13H16BrNO3. The molecule has 98 valence electrons. The third-order valence-corrected chi connectivity index (χ3v) is 3.50. The highest BCUT2D eigenvalue weighted by Gasteiger charge is 2.12. The zero-order chi connectivity index (χ0) is 13.7. The minimum absolute atomic E-state index is 0.0786. The first kappa shape index (κ1) is 14.7. The van der Waals surface area contributed by atoms with Crippen LogP contribution in [0.5, 0.6) is 0 Å². The molecule has 0 saturated heterocycles. The number of hydrogen-bond acceptors (Lipinski definition) is 2. The van der Waals surface area contributed by atoms with Gasteiger partial charge in [-0.2, -0.15) is 0 Å². The first-order valence-corrected chi connectivity index (χ1v) is 6.44. The molecule has 1 aromatic carbocycles. The fourth-order valence-electron chi connectivity index (χ4n) is 1.52. The average molecular weight is 314 g/mol. The zero-order valence-electron chi connectivity index (χ0n) is 10.4. The fourth-order valence-corrected chi connectivity index (χ4v) is 1.89. The highest BCUT2D eigenvalue weighted by molar-refractivity contribution is 9.10. The first-order chi connectivity index (χ1) is 8.41. The Labute approximate surface area is 115 Å². The second-order valence-corrected chi connectivity index (χ2v) is 5.04. The Hall–Kier alpha value is -1.36. The van der Waals surface area contributed by atoms with Gasteiger partial charge < -0.3 is 10.0 Å². The number of amides is 1. The number of halogens is 1. The van der Waals surface area contributed by atoms with Crippen molar-refractivity contribution in [3.63, 3.8) is 0 Å². The molecule has 1 rings (SSSR count). The van der Waals surface area contributed by atoms with Crippen LogP contribution in [0, 0.1) is 6.92 Å². The van der Waals surface area contributed by atoms with E-state index in [9.17, 15) is 9.59 Å². The predicted octanol–water partition coefficient (Wildman–Crippen LogP) is 2.69. The van der Waals surface area contributed by atoms with Crippen LogP contribution in [-0.4, -0.2) is 35.5 Å². The number of carbonyl (C=O) groups excluding carboxylic acids is 1. The molecule has 0 bridgehead atoms. The Morgan fingerprint density at radius 2 is 2.06 bits per heavy atom. The van der Waals surface area contributed by atoms with Crippen molar-refractivity contribution in [1.82, 2.24) is 4.90 Å². The van der Waals surface area contributed by atoms with Gasteiger partial charge in [0, 0.05) is 30.0 Å². The van der Waals surface area contributed by atoms with Gasteiger partial charge >= 0.3 is 5.97 Å². The number of carbonyl (C=O) groups is 2. The second-order valence-electron chi connectivity index (χ2n) is 4.19. The molecule has 0 unspecified atom stereocenters. The Bertz CT molecular complexity index is 460. The van der Waals surface area contributed by atoms with E-state index in [-0.39, 0.29) is 12.3 Å². The topological polar surface area (TPSA) is 57.6 Å². The zero-order valence-corrected chi connectivity index (χ0v) is 12.0. The molecular weight excluding hydrogens is 298 g/mol. The van der Waals surface area contributed by atoms with Gasteiger partial charge in [0.25, 0.3) is 5.91 Å². The van der Waals surface area contributed by atoms with Crippen LogP contribution in [0.15, 0.2) is 22.7 Å². The van der Waals surface area contributed by atoms with Gasteiger partial charge in [0.2, 0.25) is 0 Å². The molecule has 5 heteroatoms. The van der Waals surface area contributed by atoms with Crippen molar-refractivity contribution in [2.45, 2.75) is 19.8 Å². The molecule has 0 atom stereocenters. The van der Waals surface area contributed by atoms with Crippen molar-refractivity contribution in [2.75, 3.05) is 13.6 Å². The molecule has 1 aromatic rings. The highest BCUT2D eigenvalue weighted by atomic mass is 79.9. The van der Waals surface area contributed by atoms with Crippen LogP contribution in [-0.2, 0) is 4.79 Å². The van der Waals surface area contributed by atoms with E-state index in [1.165, 1.54) is 0 Å². The Balaban J connectivity index is 2.62. The number of carboxylic acids is 1. The molecule has 0 aliphatic rings. The van der Waals surface area contributed by atoms with E-state index in [2.05, 4.69) is 15.9 Å². The smallest absolute Gasteiger partial charge is 0.303 e. The number of hydrogen-bond donors (Lipinski definition) is 1. The summed E-state index contributed by atoms with van der Waals surface area (Å²) in [6.07, 6.45) is 0.541. The molecule has 0 spiro atoms. The lowest BCUT2D eigenvalue weighted by Crippen LogP contribution is -2.28. The van der Waals surface area contributed by atoms with Crippen LogP contribution in [0.25, 0.3) is 0 Å². The summed E-state index contributed by atoms with van der Waals surface area (Å²) in [6.45, 7) is 2.39. The maximum atomic E-state index is 12.0. The molecule has 18 heavy (non-hydrogen) atoms. The van der Waals surface area contributed by atoms with Crippen molar-refractivity contribution in [2.24, 2.45) is 0 Å². The minimum atomic E-state index is -0.839. The highest BCUT2D eigenvalue weighted by Crippen LogP contribution is 2.18. The summed E-state index contributed by atoms with van der Waals surface area (Å²) in [5.41, 5.74) is 1.67. The summed E-state index contributed by atoms with van der Waals surface area (Å²) in [6, 6.07) is 5.43. The van der Waals surface area contributed by atoms with E-state index in [0.717, 1.165) is 10.0 Å². The summed E-state index contributed by atoms with van der Waals surface area (Å²) in [5, 5.41) is 8.54. The van der Waals surface area contributed by atoms with Crippen LogP contribution >= 0.6 is 15.9 Å². The predicted molar refractivity (Wildman–Crippen MR) is 72.7 cm³/mol. The molecule has 0 radical (unpaired) electrons. The maximum Gasteiger partial charge on any atom is 0.303 e. The number of aliphatic carboxylic acids is 1. The van der Waals surface area contributed by atoms with Crippen LogP contribution < -0.4 is 0 Å². The summed E-state index contributed by atoms with van der Waals surface area (Å²) in [5.74, 6) is -0.935. The summed E-state index contributed by atoms with van der Waals surface area (Å²) < 4.78 is 0.896. The van der Waals surface area contributed by atoms with Crippen LogP contribution in [0.1, 0.15) is 28.8 Å². The van der Waals surface area contributed by atoms with Crippen molar-refractivity contribution in [3.8, 4) is 0 Å². The van der Waals surface area contributed by atoms with Crippen molar-refractivity contribution in [1.29, 1.82) is 0 Å². The lowest BCUT2D eigenvalue weighted by Gasteiger charge is -2.17. The fraction of sp³-hybridized carbons (Fsp3) is 0.385. The number of rotatable bonds is 5. The van der Waals surface area contributed by atoms with E-state index in [4.69, 9.17) is 5.11 Å². The molecule has 0 aliphatic carbocycles. The Morgan fingerprint density at radius 1 is 1.39 bits per heavy atom. The molecule has 0 saturated carbocycles. The number of aryl methyl sites for hydroxylation is 1. The standard InChI is InChI=1S/C13H16BrNO3/c1-9-5-6-10(8-11(9)14)13(18)15(2)7-3-4-12(16)17/h5-6,8H,3-4,7H2,1-2H3,(H,16,17). The third-order valence-electron chi connectivity index (χ3n) is 2.65. The van der Waals surface area contributed by atoms with Gasteiger partial charge in [0.05, 0.1) is 0 Å². The van der Waals surface area contributed by atoms with E-state index in [1.54, 1.807) is 24.1 Å². The molecule has 4 nitrogen and oxygen atoms in total. The van der Waals surface area contributed by atoms with Crippen molar-refractivity contribution in [3.05, 3.63) is 33.8 Å². The van der Waals surface area contributed by atoms with E-state index in [1.807, 2.05) is 13.0 Å². The van der Waals surface area contributed by atoms with E-state index in [0.29, 0.717) is 18.5 Å². The maximum absolute atomic E-state index is 12.0. The molecule has 0 fully saturated rings. The van der Waals surface area contributed by atoms with E-state index >= 15 is 0 Å². The van der Waals surface area contributed by atoms with Gasteiger partial charge in [-0.05, 0) is 31.0 Å². The average Bonchev–Trinajstić information content (AvgIpc) is 2.31. The molecule has 1 N–H and O–H groups in total. The number of benzene rings is 1. The molecule has 0 heterocycles. The summed E-state index contributed by atoms with van der Waals surface area (Å²) >= 11 is 3.39. The lowest BCUT2D eigenvalue weighted by atomic mass is 10.1. The van der Waals surface area contributed by atoms with Crippen LogP contribution in [0.4, 0.5) is 0 Å². The lowest BCUT2D eigenvalue weighted by molar-refractivity contribution is -0.137. The van der Waals surface area contributed by atoms with Gasteiger partial charge in [-0.3, -0.25) is 9.59 Å². The first-order valence-electron chi connectivity index (χ1n) is 5.65. The third kappa shape index (κ3) is 4.14. The largest absolute Gasteiger partial charge is 0.481 e. The van der Waals surface area contributed by atoms with Crippen LogP contribution in [0.2, 0.25) is 0 Å². The SMILES string of the molecule is Cc1ccc(C(=O)N(C)CCCC(=O)O)cc1Br. The quantitative estimate of drug-likeness (QED) is 0.909. The van der Waals surface area contributed by atoms with Gasteiger partial charge in [0.1, 0.15) is 0 Å². The Kier molecular flexibility index (Phi) is 5.34. The molecule has 0 aliphatic heterocycles. The molecule has 0 aromatic heterocycles.